The monoisotopic (exact) mass is 289 g/mol. The number of nitrogens with one attached hydrogen (secondary N) is 1. The Kier molecular flexibility index (Phi) is 4.60. The molecule has 1 aromatic rings. The second kappa shape index (κ2) is 5.79. The van der Waals surface area contributed by atoms with Crippen molar-refractivity contribution in [2.45, 2.75) is 6.42 Å². The van der Waals surface area contributed by atoms with E-state index in [-0.39, 0.29) is 17.9 Å². The van der Waals surface area contributed by atoms with E-state index < -0.39 is 33.1 Å². The molecule has 0 heterocycles. The molecule has 0 aliphatic heterocycles. The lowest BCUT2D eigenvalue weighted by molar-refractivity contribution is -0.115. The van der Waals surface area contributed by atoms with Crippen molar-refractivity contribution in [1.29, 1.82) is 0 Å². The normalized spacial score (nSPS) is 11.1. The van der Waals surface area contributed by atoms with Crippen molar-refractivity contribution in [2.24, 2.45) is 0 Å². The topological polar surface area (TPSA) is 101 Å². The largest absolute Gasteiger partial charge is 0.478 e. The summed E-state index contributed by atoms with van der Waals surface area (Å²) in [6.45, 7) is 0. The van der Waals surface area contributed by atoms with E-state index in [2.05, 4.69) is 5.32 Å². The number of hydrogen-bond acceptors (Lipinski definition) is 4. The van der Waals surface area contributed by atoms with Crippen molar-refractivity contribution >= 4 is 27.4 Å². The van der Waals surface area contributed by atoms with Gasteiger partial charge in [-0.1, -0.05) is 0 Å². The van der Waals surface area contributed by atoms with E-state index >= 15 is 0 Å². The van der Waals surface area contributed by atoms with Crippen LogP contribution in [0, 0.1) is 5.82 Å². The summed E-state index contributed by atoms with van der Waals surface area (Å²) >= 11 is 0. The first kappa shape index (κ1) is 15.1. The highest BCUT2D eigenvalue weighted by molar-refractivity contribution is 7.90. The number of sulfone groups is 1. The summed E-state index contributed by atoms with van der Waals surface area (Å²) in [5.74, 6) is -3.29. The second-order valence-electron chi connectivity index (χ2n) is 3.93. The predicted octanol–water partition coefficient (Wildman–Crippen LogP) is 0.897. The summed E-state index contributed by atoms with van der Waals surface area (Å²) in [5, 5.41) is 10.9. The van der Waals surface area contributed by atoms with Gasteiger partial charge in [-0.2, -0.15) is 0 Å². The maximum atomic E-state index is 13.3. The molecule has 0 saturated heterocycles. The smallest absolute Gasteiger partial charge is 0.338 e. The van der Waals surface area contributed by atoms with Gasteiger partial charge in [-0.15, -0.1) is 0 Å². The number of hydrogen-bond donors (Lipinski definition) is 2. The first-order valence-electron chi connectivity index (χ1n) is 5.19. The van der Waals surface area contributed by atoms with Crippen LogP contribution >= 0.6 is 0 Å². The van der Waals surface area contributed by atoms with Crippen molar-refractivity contribution in [2.75, 3.05) is 17.3 Å². The Labute approximate surface area is 109 Å². The summed E-state index contributed by atoms with van der Waals surface area (Å²) in [6.07, 6.45) is 0.753. The van der Waals surface area contributed by atoms with E-state index in [0.717, 1.165) is 18.4 Å². The molecule has 0 saturated carbocycles. The highest BCUT2D eigenvalue weighted by atomic mass is 32.2. The first-order chi connectivity index (χ1) is 8.69. The summed E-state index contributed by atoms with van der Waals surface area (Å²) in [7, 11) is -3.25. The third kappa shape index (κ3) is 5.04. The van der Waals surface area contributed by atoms with Gasteiger partial charge < -0.3 is 10.4 Å². The van der Waals surface area contributed by atoms with Crippen molar-refractivity contribution in [3.8, 4) is 0 Å². The fraction of sp³-hybridized carbons (Fsp3) is 0.273. The molecule has 8 heteroatoms. The molecule has 0 radical (unpaired) electrons. The number of carbonyl (C=O) groups is 2. The highest BCUT2D eigenvalue weighted by Gasteiger charge is 2.12. The molecule has 0 aliphatic carbocycles. The Morgan fingerprint density at radius 2 is 2.00 bits per heavy atom. The van der Waals surface area contributed by atoms with Crippen LogP contribution in [0.25, 0.3) is 0 Å². The minimum absolute atomic E-state index is 0.0704. The lowest BCUT2D eigenvalue weighted by Crippen LogP contribution is -2.16. The van der Waals surface area contributed by atoms with Crippen molar-refractivity contribution < 1.29 is 27.5 Å². The lowest BCUT2D eigenvalue weighted by Gasteiger charge is -2.06. The van der Waals surface area contributed by atoms with E-state index in [1.165, 1.54) is 6.07 Å². The number of carboxylic acids is 1. The molecule has 104 valence electrons. The molecule has 0 aromatic heterocycles. The molecule has 19 heavy (non-hydrogen) atoms. The molecule has 0 aliphatic rings. The molecule has 1 amide bonds. The summed E-state index contributed by atoms with van der Waals surface area (Å²) in [5.41, 5.74) is -0.435. The van der Waals surface area contributed by atoms with Gasteiger partial charge in [0.15, 0.2) is 0 Å². The van der Waals surface area contributed by atoms with Crippen LogP contribution in [0.4, 0.5) is 10.1 Å². The minimum Gasteiger partial charge on any atom is -0.478 e. The molecule has 2 N–H and O–H groups in total. The predicted molar refractivity (Wildman–Crippen MR) is 66.3 cm³/mol. The van der Waals surface area contributed by atoms with Gasteiger partial charge in [0, 0.05) is 18.4 Å². The van der Waals surface area contributed by atoms with Gasteiger partial charge in [-0.3, -0.25) is 4.79 Å². The van der Waals surface area contributed by atoms with Gasteiger partial charge >= 0.3 is 5.97 Å². The van der Waals surface area contributed by atoms with Gasteiger partial charge in [0.2, 0.25) is 5.91 Å². The number of carbonyl (C=O) groups excluding carboxylic acids is 1. The van der Waals surface area contributed by atoms with E-state index in [1.54, 1.807) is 0 Å². The zero-order valence-electron chi connectivity index (χ0n) is 10.0. The molecule has 1 rings (SSSR count). The second-order valence-corrected chi connectivity index (χ2v) is 6.19. The molecule has 6 nitrogen and oxygen atoms in total. The van der Waals surface area contributed by atoms with Crippen LogP contribution < -0.4 is 5.32 Å². The van der Waals surface area contributed by atoms with E-state index in [4.69, 9.17) is 5.11 Å². The number of anilines is 1. The lowest BCUT2D eigenvalue weighted by atomic mass is 10.2. The van der Waals surface area contributed by atoms with Crippen LogP contribution in [0.2, 0.25) is 0 Å². The fourth-order valence-corrected chi connectivity index (χ4v) is 1.82. The third-order valence-corrected chi connectivity index (χ3v) is 3.13. The van der Waals surface area contributed by atoms with Crippen LogP contribution in [0.3, 0.4) is 0 Å². The van der Waals surface area contributed by atoms with Gasteiger partial charge in [-0.25, -0.2) is 17.6 Å². The maximum Gasteiger partial charge on any atom is 0.338 e. The average Bonchev–Trinajstić information content (AvgIpc) is 2.25. The van der Waals surface area contributed by atoms with Gasteiger partial charge in [0.05, 0.1) is 11.3 Å². The van der Waals surface area contributed by atoms with Gasteiger partial charge in [0.25, 0.3) is 0 Å². The summed E-state index contributed by atoms with van der Waals surface area (Å²) in [4.78, 5) is 21.9. The van der Waals surface area contributed by atoms with Crippen LogP contribution in [0.5, 0.6) is 0 Å². The van der Waals surface area contributed by atoms with Crippen molar-refractivity contribution in [3.63, 3.8) is 0 Å². The molecular formula is C11H12FNO5S. The van der Waals surface area contributed by atoms with E-state index in [0.29, 0.717) is 0 Å². The Balaban J connectivity index is 2.70. The van der Waals surface area contributed by atoms with Crippen molar-refractivity contribution in [1.82, 2.24) is 0 Å². The number of carboxylic acid groups (broad SMARTS) is 1. The fourth-order valence-electron chi connectivity index (χ4n) is 1.27. The Hall–Kier alpha value is -1.96. The molecule has 0 bridgehead atoms. The van der Waals surface area contributed by atoms with Crippen LogP contribution in [0.15, 0.2) is 18.2 Å². The molecule has 0 unspecified atom stereocenters. The van der Waals surface area contributed by atoms with Crippen LogP contribution in [-0.4, -0.2) is 37.4 Å². The number of halogens is 1. The zero-order chi connectivity index (χ0) is 14.6. The van der Waals surface area contributed by atoms with Crippen LogP contribution in [0.1, 0.15) is 16.8 Å². The Bertz CT molecular complexity index is 612. The number of rotatable bonds is 5. The standard InChI is InChI=1S/C11H12FNO5S/c1-19(17,18)5-4-10(14)13-7-2-3-8(11(15)16)9(12)6-7/h2-3,6H,4-5H2,1H3,(H,13,14)(H,15,16). The first-order valence-corrected chi connectivity index (χ1v) is 7.25. The quantitative estimate of drug-likeness (QED) is 0.838. The zero-order valence-corrected chi connectivity index (χ0v) is 10.8. The molecular weight excluding hydrogens is 277 g/mol. The molecule has 0 spiro atoms. The number of amides is 1. The van der Waals surface area contributed by atoms with Gasteiger partial charge in [0.1, 0.15) is 15.7 Å². The molecule has 0 fully saturated rings. The molecule has 1 aromatic carbocycles. The molecule has 0 atom stereocenters. The minimum atomic E-state index is -3.25. The van der Waals surface area contributed by atoms with E-state index in [9.17, 15) is 22.4 Å². The average molecular weight is 289 g/mol. The SMILES string of the molecule is CS(=O)(=O)CCC(=O)Nc1ccc(C(=O)O)c(F)c1. The number of aromatic carboxylic acids is 1. The third-order valence-electron chi connectivity index (χ3n) is 2.18. The summed E-state index contributed by atoms with van der Waals surface area (Å²) < 4.78 is 35.0. The summed E-state index contributed by atoms with van der Waals surface area (Å²) in [6, 6.07) is 3.11. The Morgan fingerprint density at radius 1 is 1.37 bits per heavy atom. The van der Waals surface area contributed by atoms with Gasteiger partial charge in [-0.05, 0) is 18.2 Å². The Morgan fingerprint density at radius 3 is 2.47 bits per heavy atom. The van der Waals surface area contributed by atoms with Crippen molar-refractivity contribution in [3.05, 3.63) is 29.6 Å². The maximum absolute atomic E-state index is 13.3. The van der Waals surface area contributed by atoms with Crippen LogP contribution in [-0.2, 0) is 14.6 Å². The highest BCUT2D eigenvalue weighted by Crippen LogP contribution is 2.14. The number of benzene rings is 1. The van der Waals surface area contributed by atoms with E-state index in [1.807, 2.05) is 0 Å².